The van der Waals surface area contributed by atoms with Crippen LogP contribution in [0.1, 0.15) is 98.5 Å². The molecule has 1 aliphatic heterocycles. The number of aromatic nitrogens is 5. The molecule has 1 saturated heterocycles. The summed E-state index contributed by atoms with van der Waals surface area (Å²) in [6.45, 7) is 12.8. The van der Waals surface area contributed by atoms with Crippen molar-refractivity contribution in [3.8, 4) is 85.8 Å². The Labute approximate surface area is 866 Å². The number of carbonyl (C=O) groups excluding carboxylic acids is 3. The van der Waals surface area contributed by atoms with Gasteiger partial charge in [-0.2, -0.15) is 0 Å². The SMILES string of the molecule is CCN(C)c1cc(OC)c(CO)cc1Cl.CCc1cc(Br)ccc1OC.CCc1cc(Br)ccc1OC.COC(=O)c1cc(Br)ccc1OC.COC(=O)c1cc(Cl)c(NC(C)=O)cc1OC.COc1ccc(-c2ccccn2)cc1CO.COc1ccc(-c2nccn2C)cc1CO.COc1ccc(-n2ccnc2)cc1CO.COc1ccc(CCl)cc1.COc1ccc(CN2CCOCC2)cc1CO. The van der Waals surface area contributed by atoms with Crippen LogP contribution in [0.5, 0.6) is 57.5 Å². The van der Waals surface area contributed by atoms with Crippen molar-refractivity contribution in [1.82, 2.24) is 29.0 Å². The quantitative estimate of drug-likeness (QED) is 0.0196. The van der Waals surface area contributed by atoms with E-state index in [-0.39, 0.29) is 55.3 Å². The van der Waals surface area contributed by atoms with Crippen LogP contribution >= 0.6 is 82.6 Å². The minimum atomic E-state index is -0.557. The molecule has 35 heteroatoms. The van der Waals surface area contributed by atoms with E-state index >= 15 is 0 Å². The molecule has 0 radical (unpaired) electrons. The summed E-state index contributed by atoms with van der Waals surface area (Å²) in [5.74, 6) is 7.30. The number of alkyl halides is 1. The van der Waals surface area contributed by atoms with Gasteiger partial charge in [0.15, 0.2) is 0 Å². The number of aliphatic hydroxyl groups excluding tert-OH is 5. The van der Waals surface area contributed by atoms with Crippen molar-refractivity contribution in [2.45, 2.75) is 86.0 Å². The van der Waals surface area contributed by atoms with Gasteiger partial charge in [0, 0.05) is 154 Å². The predicted molar refractivity (Wildman–Crippen MR) is 566 cm³/mol. The molecule has 4 heterocycles. The largest absolute Gasteiger partial charge is 0.497 e. The van der Waals surface area contributed by atoms with Gasteiger partial charge in [-0.1, -0.05) is 109 Å². The number of anilines is 2. The van der Waals surface area contributed by atoms with E-state index < -0.39 is 11.9 Å². The highest BCUT2D eigenvalue weighted by molar-refractivity contribution is 9.11. The lowest BCUT2D eigenvalue weighted by atomic mass is 10.1. The second-order valence-electron chi connectivity index (χ2n) is 29.7. The predicted octanol–water partition coefficient (Wildman–Crippen LogP) is 21.3. The fourth-order valence-corrected chi connectivity index (χ4v) is 15.1. The number of methoxy groups -OCH3 is 12. The lowest BCUT2D eigenvalue weighted by Crippen LogP contribution is -2.35. The third kappa shape index (κ3) is 39.1. The number of nitrogens with zero attached hydrogens (tertiary/aromatic N) is 7. The Morgan fingerprint density at radius 2 is 0.915 bits per heavy atom. The van der Waals surface area contributed by atoms with Crippen LogP contribution in [0.3, 0.4) is 0 Å². The molecule has 0 unspecified atom stereocenters. The Bertz CT molecular complexity index is 5850. The number of nitrogens with one attached hydrogen (secondary N) is 1. The number of esters is 2. The number of benzene rings is 10. The number of pyridine rings is 1. The van der Waals surface area contributed by atoms with Gasteiger partial charge >= 0.3 is 11.9 Å². The first-order chi connectivity index (χ1) is 68.0. The number of rotatable bonds is 28. The Kier molecular flexibility index (Phi) is 55.9. The highest BCUT2D eigenvalue weighted by Crippen LogP contribution is 2.36. The Balaban J connectivity index is 0.000000277. The van der Waals surface area contributed by atoms with Gasteiger partial charge in [0.2, 0.25) is 5.91 Å². The van der Waals surface area contributed by atoms with Crippen LogP contribution in [-0.2, 0) is 84.4 Å². The number of hydrogen-bond donors (Lipinski definition) is 6. The van der Waals surface area contributed by atoms with Crippen molar-refractivity contribution in [2.75, 3.05) is 135 Å². The minimum absolute atomic E-state index is 0.0140. The molecular weight excluding hydrogens is 2070 g/mol. The van der Waals surface area contributed by atoms with E-state index in [2.05, 4.69) is 108 Å². The van der Waals surface area contributed by atoms with Crippen molar-refractivity contribution >= 4 is 112 Å². The number of aliphatic hydroxyl groups is 5. The van der Waals surface area contributed by atoms with Crippen molar-refractivity contribution in [3.63, 3.8) is 0 Å². The molecule has 1 fully saturated rings. The second kappa shape index (κ2) is 65.9. The summed E-state index contributed by atoms with van der Waals surface area (Å²) in [4.78, 5) is 50.4. The van der Waals surface area contributed by atoms with Gasteiger partial charge in [-0.25, -0.2) is 19.6 Å². The van der Waals surface area contributed by atoms with Crippen LogP contribution in [0, 0.1) is 0 Å². The van der Waals surface area contributed by atoms with Gasteiger partial charge in [-0.3, -0.25) is 14.7 Å². The van der Waals surface area contributed by atoms with Gasteiger partial charge in [0.1, 0.15) is 74.4 Å². The molecule has 0 spiro atoms. The van der Waals surface area contributed by atoms with Crippen LogP contribution in [0.15, 0.2) is 245 Å². The molecule has 6 N–H and O–H groups in total. The van der Waals surface area contributed by atoms with E-state index in [1.807, 2.05) is 193 Å². The monoisotopic (exact) mass is 2190 g/mol. The average molecular weight is 2190 g/mol. The zero-order valence-corrected chi connectivity index (χ0v) is 89.5. The van der Waals surface area contributed by atoms with Crippen LogP contribution in [0.25, 0.3) is 28.3 Å². The molecule has 758 valence electrons. The van der Waals surface area contributed by atoms with Crippen molar-refractivity contribution in [1.29, 1.82) is 0 Å². The van der Waals surface area contributed by atoms with Crippen molar-refractivity contribution < 1.29 is 101 Å². The lowest BCUT2D eigenvalue weighted by molar-refractivity contribution is -0.114. The summed E-state index contributed by atoms with van der Waals surface area (Å²) in [5.41, 5.74) is 14.3. The highest BCUT2D eigenvalue weighted by atomic mass is 79.9. The number of carbonyl (C=O) groups is 3. The molecule has 1 aliphatic rings. The highest BCUT2D eigenvalue weighted by Gasteiger charge is 2.20. The fraction of sp³-hybridized carbons (Fsp3) is 0.302. The maximum atomic E-state index is 11.4. The van der Waals surface area contributed by atoms with E-state index in [1.165, 1.54) is 64.2 Å². The molecule has 10 aromatic carbocycles. The van der Waals surface area contributed by atoms with Crippen molar-refractivity contribution in [3.05, 3.63) is 316 Å². The first-order valence-electron chi connectivity index (χ1n) is 44.0. The molecule has 0 bridgehead atoms. The van der Waals surface area contributed by atoms with Crippen LogP contribution < -0.4 is 57.6 Å². The topological polar surface area (TPSA) is 339 Å². The van der Waals surface area contributed by atoms with Gasteiger partial charge in [0.25, 0.3) is 0 Å². The van der Waals surface area contributed by atoms with Crippen LogP contribution in [-0.4, -0.2) is 198 Å². The molecule has 13 aromatic rings. The minimum Gasteiger partial charge on any atom is -0.497 e. The zero-order valence-electron chi connectivity index (χ0n) is 82.5. The third-order valence-electron chi connectivity index (χ3n) is 20.7. The van der Waals surface area contributed by atoms with E-state index in [4.69, 9.17) is 97.1 Å². The number of ether oxygens (including phenoxy) is 13. The number of imidazole rings is 2. The molecule has 0 aliphatic carbocycles. The number of halogens is 6. The normalized spacial score (nSPS) is 10.8. The second-order valence-corrected chi connectivity index (χ2v) is 33.5. The molecule has 1 amide bonds. The summed E-state index contributed by atoms with van der Waals surface area (Å²) < 4.78 is 72.5. The molecule has 3 aromatic heterocycles. The van der Waals surface area contributed by atoms with Gasteiger partial charge in [0.05, 0.1) is 165 Å². The summed E-state index contributed by atoms with van der Waals surface area (Å²) in [6.07, 6.45) is 12.7. The Morgan fingerprint density at radius 1 is 0.454 bits per heavy atom. The molecule has 0 saturated carbocycles. The smallest absolute Gasteiger partial charge is 0.341 e. The third-order valence-corrected chi connectivity index (χ3v) is 23.1. The summed E-state index contributed by atoms with van der Waals surface area (Å²) >= 11 is 27.7. The van der Waals surface area contributed by atoms with Gasteiger partial charge < -0.3 is 106 Å². The fourth-order valence-electron chi connectivity index (χ4n) is 13.2. The zero-order chi connectivity index (χ0) is 104. The maximum absolute atomic E-state index is 11.4. The van der Waals surface area contributed by atoms with E-state index in [9.17, 15) is 29.7 Å². The van der Waals surface area contributed by atoms with E-state index in [0.29, 0.717) is 56.5 Å². The number of amides is 1. The number of aryl methyl sites for hydroxylation is 3. The summed E-state index contributed by atoms with van der Waals surface area (Å²) in [6, 6.07) is 60.1. The first kappa shape index (κ1) is 119. The molecule has 14 rings (SSSR count). The molecule has 141 heavy (non-hydrogen) atoms. The van der Waals surface area contributed by atoms with Gasteiger partial charge in [-0.15, -0.1) is 11.6 Å². The van der Waals surface area contributed by atoms with Crippen LogP contribution in [0.4, 0.5) is 11.4 Å². The van der Waals surface area contributed by atoms with E-state index in [1.54, 1.807) is 106 Å². The molecule has 0 atom stereocenters. The Hall–Kier alpha value is -12.0. The first-order valence-corrected chi connectivity index (χ1v) is 47.6. The molecular formula is C106H126Br3Cl3N8O21. The lowest BCUT2D eigenvalue weighted by Gasteiger charge is -2.26. The van der Waals surface area contributed by atoms with Crippen LogP contribution in [0.2, 0.25) is 10.0 Å². The summed E-state index contributed by atoms with van der Waals surface area (Å²) in [7, 11) is 22.4. The Morgan fingerprint density at radius 3 is 1.37 bits per heavy atom. The molecule has 29 nitrogen and oxygen atoms in total. The average Bonchev–Trinajstić information content (AvgIpc) is 1.73. The standard InChI is InChI=1S/C13H19NO3.C13H13NO2.C12H14N2O2.C11H12ClNO4.C11H16ClNO2.C11H12N2O2.C9H9BrO3.2C9H11BrO.C8H9ClO/c1-16-13-3-2-11(8-12(13)10-15)9-14-4-6-17-7-5-14;1-16-13-6-5-10(8-11(13)9-15)12-4-2-3-7-14-12;1-14-6-5-13-12(14)9-3-4-11(16-2)10(7-9)8-15;1-6(14)13-9-5-10(16-2)7(4-8(9)12)11(15)17-3;1-4-13(2)10-6-11(15-3)8(7-14)5-9(10)12;1-15-11-3-2-10(6-9(11)7-14)13-5-4-12-8-13;1-12-8-4-3-6(10)5-7(8)9(11)13-2;2*1-3-7-6-8(10)4-5-9(7)11-2;1-10-8-4-2-7(6-9)3-5-8/h2-3,8,15H,4-7,9-10H2,1H3;2-8,15H,9H2,1H3;3-7,15H,8H2,1-2H3;4-5H,1-3H3,(H,13,14);5-6,14H,4,7H2,1-3H3;2-6,8,14H,7H2,1H3;3-5H,1-2H3;2*4-6H,3H2,1-2H3;2-5H,6H2,1H3. The number of hydrogen-bond acceptors (Lipinski definition) is 26. The maximum Gasteiger partial charge on any atom is 0.341 e. The summed E-state index contributed by atoms with van der Waals surface area (Å²) in [5, 5.41) is 49.4. The van der Waals surface area contributed by atoms with E-state index in [0.717, 1.165) is 150 Å². The number of morpholine rings is 1. The van der Waals surface area contributed by atoms with Gasteiger partial charge in [-0.05, 0) is 200 Å². The van der Waals surface area contributed by atoms with Crippen molar-refractivity contribution in [2.24, 2.45) is 7.05 Å².